The minimum atomic E-state index is 0.0673. The Balaban J connectivity index is 1.52. The van der Waals surface area contributed by atoms with Crippen molar-refractivity contribution in [2.45, 2.75) is 26.1 Å². The molecule has 0 saturated heterocycles. The van der Waals surface area contributed by atoms with E-state index in [1.807, 2.05) is 42.5 Å². The minimum Gasteiger partial charge on any atom is -0.299 e. The maximum Gasteiger partial charge on any atom is 0.271 e. The number of benzene rings is 2. The van der Waals surface area contributed by atoms with Gasteiger partial charge in [0.15, 0.2) is 0 Å². The van der Waals surface area contributed by atoms with Crippen molar-refractivity contribution < 1.29 is 0 Å². The fourth-order valence-electron chi connectivity index (χ4n) is 3.49. The van der Waals surface area contributed by atoms with Gasteiger partial charge in [0.1, 0.15) is 0 Å². The predicted octanol–water partition coefficient (Wildman–Crippen LogP) is 4.09. The van der Waals surface area contributed by atoms with E-state index in [1.54, 1.807) is 10.7 Å². The molecular weight excluding hydrogens is 369 g/mol. The number of hydrogen-bond donors (Lipinski definition) is 1. The summed E-state index contributed by atoms with van der Waals surface area (Å²) in [5.41, 5.74) is 4.15. The molecule has 3 aromatic rings. The summed E-state index contributed by atoms with van der Waals surface area (Å²) in [6.07, 6.45) is 0.834. The quantitative estimate of drug-likeness (QED) is 0.732. The van der Waals surface area contributed by atoms with E-state index < -0.39 is 0 Å². The molecule has 134 valence electrons. The molecule has 0 aliphatic carbocycles. The predicted molar refractivity (Wildman–Crippen MR) is 105 cm³/mol. The molecule has 0 radical (unpaired) electrons. The van der Waals surface area contributed by atoms with Crippen LogP contribution in [0, 0.1) is 0 Å². The highest BCUT2D eigenvalue weighted by Crippen LogP contribution is 2.22. The number of aromatic amines is 1. The van der Waals surface area contributed by atoms with Crippen LogP contribution in [0.4, 0.5) is 0 Å². The second-order valence-electron chi connectivity index (χ2n) is 6.68. The van der Waals surface area contributed by atoms with Gasteiger partial charge >= 0.3 is 0 Å². The van der Waals surface area contributed by atoms with Crippen LogP contribution >= 0.6 is 23.2 Å². The van der Waals surface area contributed by atoms with Crippen molar-refractivity contribution in [1.29, 1.82) is 0 Å². The van der Waals surface area contributed by atoms with Crippen LogP contribution in [-0.2, 0) is 26.1 Å². The molecule has 0 unspecified atom stereocenters. The van der Waals surface area contributed by atoms with Gasteiger partial charge in [0.05, 0.1) is 12.1 Å². The third kappa shape index (κ3) is 3.73. The number of rotatable bonds is 4. The lowest BCUT2D eigenvalue weighted by atomic mass is 10.1. The van der Waals surface area contributed by atoms with E-state index >= 15 is 0 Å². The smallest absolute Gasteiger partial charge is 0.271 e. The van der Waals surface area contributed by atoms with Crippen LogP contribution in [0.1, 0.15) is 22.4 Å². The van der Waals surface area contributed by atoms with Crippen LogP contribution < -0.4 is 5.56 Å². The second kappa shape index (κ2) is 7.31. The van der Waals surface area contributed by atoms with Gasteiger partial charge in [0, 0.05) is 41.8 Å². The van der Waals surface area contributed by atoms with Crippen molar-refractivity contribution in [3.8, 4) is 0 Å². The summed E-state index contributed by atoms with van der Waals surface area (Å²) >= 11 is 12.2. The molecule has 0 amide bonds. The first-order valence-corrected chi connectivity index (χ1v) is 9.36. The lowest BCUT2D eigenvalue weighted by Gasteiger charge is -2.26. The Morgan fingerprint density at radius 2 is 1.69 bits per heavy atom. The van der Waals surface area contributed by atoms with Crippen molar-refractivity contribution >= 4 is 23.2 Å². The Bertz CT molecular complexity index is 958. The van der Waals surface area contributed by atoms with Gasteiger partial charge in [-0.3, -0.25) is 14.8 Å². The van der Waals surface area contributed by atoms with Gasteiger partial charge in [-0.1, -0.05) is 53.5 Å². The number of H-pyrrole nitrogens is 1. The lowest BCUT2D eigenvalue weighted by Crippen LogP contribution is -2.32. The summed E-state index contributed by atoms with van der Waals surface area (Å²) in [4.78, 5) is 15.0. The topological polar surface area (TPSA) is 41.0 Å². The molecule has 6 heteroatoms. The van der Waals surface area contributed by atoms with E-state index in [-0.39, 0.29) is 5.56 Å². The van der Waals surface area contributed by atoms with Gasteiger partial charge in [-0.15, -0.1) is 0 Å². The van der Waals surface area contributed by atoms with Gasteiger partial charge in [-0.25, -0.2) is 4.68 Å². The average Bonchev–Trinajstić information content (AvgIpc) is 2.91. The van der Waals surface area contributed by atoms with Crippen molar-refractivity contribution in [2.75, 3.05) is 6.54 Å². The minimum absolute atomic E-state index is 0.0673. The van der Waals surface area contributed by atoms with Crippen LogP contribution in [0.2, 0.25) is 10.0 Å². The number of fused-ring (bicyclic) bond motifs is 1. The van der Waals surface area contributed by atoms with E-state index in [1.165, 1.54) is 0 Å². The first kappa shape index (κ1) is 17.4. The molecule has 1 N–H and O–H groups in total. The molecule has 1 aromatic heterocycles. The number of nitrogens with zero attached hydrogens (tertiary/aromatic N) is 2. The molecule has 4 nitrogen and oxygen atoms in total. The van der Waals surface area contributed by atoms with Crippen LogP contribution in [0.25, 0.3) is 0 Å². The van der Waals surface area contributed by atoms with E-state index in [2.05, 4.69) is 10.00 Å². The number of hydrogen-bond acceptors (Lipinski definition) is 2. The van der Waals surface area contributed by atoms with Gasteiger partial charge < -0.3 is 0 Å². The molecule has 0 atom stereocenters. The van der Waals surface area contributed by atoms with Gasteiger partial charge in [-0.05, 0) is 29.3 Å². The van der Waals surface area contributed by atoms with Crippen molar-refractivity contribution in [3.05, 3.63) is 91.3 Å². The molecule has 1 aliphatic heterocycles. The molecular formula is C20H19Cl2N3O. The fourth-order valence-corrected chi connectivity index (χ4v) is 4.06. The fraction of sp³-hybridized carbons (Fsp3) is 0.250. The first-order chi connectivity index (χ1) is 12.6. The van der Waals surface area contributed by atoms with Crippen LogP contribution in [0.15, 0.2) is 53.3 Å². The van der Waals surface area contributed by atoms with Crippen LogP contribution in [0.3, 0.4) is 0 Å². The van der Waals surface area contributed by atoms with E-state index in [4.69, 9.17) is 23.2 Å². The molecule has 2 heterocycles. The molecule has 0 fully saturated rings. The molecule has 2 aromatic carbocycles. The molecule has 1 aliphatic rings. The Labute approximate surface area is 161 Å². The second-order valence-corrected chi connectivity index (χ2v) is 7.56. The Morgan fingerprint density at radius 3 is 2.42 bits per heavy atom. The summed E-state index contributed by atoms with van der Waals surface area (Å²) in [5.74, 6) is 0. The Kier molecular flexibility index (Phi) is 4.90. The first-order valence-electron chi connectivity index (χ1n) is 8.60. The standard InChI is InChI=1S/C20H19Cl2N3O/c21-16-8-15(9-17(22)10-16)11-24-7-6-19-18(13-24)20(26)25(23-19)12-14-4-2-1-3-5-14/h1-5,8-10,23H,6-7,11-13H2. The zero-order valence-corrected chi connectivity index (χ0v) is 15.7. The maximum absolute atomic E-state index is 12.8. The van der Waals surface area contributed by atoms with Crippen molar-refractivity contribution in [2.24, 2.45) is 0 Å². The lowest BCUT2D eigenvalue weighted by molar-refractivity contribution is 0.244. The summed E-state index contributed by atoms with van der Waals surface area (Å²) in [7, 11) is 0. The van der Waals surface area contributed by atoms with Gasteiger partial charge in [-0.2, -0.15) is 0 Å². The van der Waals surface area contributed by atoms with Gasteiger partial charge in [0.25, 0.3) is 5.56 Å². The maximum atomic E-state index is 12.8. The third-order valence-corrected chi connectivity index (χ3v) is 5.15. The molecule has 26 heavy (non-hydrogen) atoms. The van der Waals surface area contributed by atoms with Crippen LogP contribution in [-0.4, -0.2) is 21.2 Å². The highest BCUT2D eigenvalue weighted by molar-refractivity contribution is 6.34. The SMILES string of the molecule is O=c1c2c([nH]n1Cc1ccccc1)CCN(Cc1cc(Cl)cc(Cl)c1)C2. The van der Waals surface area contributed by atoms with Crippen molar-refractivity contribution in [3.63, 3.8) is 0 Å². The summed E-state index contributed by atoms with van der Waals surface area (Å²) < 4.78 is 1.71. The molecule has 4 rings (SSSR count). The number of aromatic nitrogens is 2. The van der Waals surface area contributed by atoms with E-state index in [9.17, 15) is 4.79 Å². The monoisotopic (exact) mass is 387 g/mol. The zero-order valence-electron chi connectivity index (χ0n) is 14.2. The molecule has 0 bridgehead atoms. The number of halogens is 2. The number of nitrogens with one attached hydrogen (secondary N) is 1. The molecule has 0 saturated carbocycles. The average molecular weight is 388 g/mol. The van der Waals surface area contributed by atoms with E-state index in [0.29, 0.717) is 23.1 Å². The van der Waals surface area contributed by atoms with Crippen LogP contribution in [0.5, 0.6) is 0 Å². The highest BCUT2D eigenvalue weighted by Gasteiger charge is 2.22. The van der Waals surface area contributed by atoms with Crippen molar-refractivity contribution in [1.82, 2.24) is 14.7 Å². The normalized spacial score (nSPS) is 14.4. The zero-order chi connectivity index (χ0) is 18.1. The molecule has 0 spiro atoms. The van der Waals surface area contributed by atoms with Gasteiger partial charge in [0.2, 0.25) is 0 Å². The summed E-state index contributed by atoms with van der Waals surface area (Å²) in [6.45, 7) is 2.82. The Morgan fingerprint density at radius 1 is 0.962 bits per heavy atom. The van der Waals surface area contributed by atoms with E-state index in [0.717, 1.165) is 41.9 Å². The summed E-state index contributed by atoms with van der Waals surface area (Å²) in [5, 5.41) is 4.56. The third-order valence-electron chi connectivity index (χ3n) is 4.71. The summed E-state index contributed by atoms with van der Waals surface area (Å²) in [6, 6.07) is 15.6. The Hall–Kier alpha value is -2.01. The largest absolute Gasteiger partial charge is 0.299 e. The highest BCUT2D eigenvalue weighted by atomic mass is 35.5.